The number of carbonyl (C=O) groups excluding carboxylic acids is 1. The molecule has 3 aromatic carbocycles. The standard InChI is InChI=1S/C28H25NO6/c1-33-22-6-2-4-18(14-22)5-3-7-25(30)19-8-10-21(11-9-19)35-26-16-27-24(15-20(26)17-29)23(28(31)32)12-13-34-27/h2,4,6,8-11,14-16,23H,3,5,7,12-13H2,1H3,(H,31,32). The van der Waals surface area contributed by atoms with E-state index in [2.05, 4.69) is 6.07 Å². The molecule has 7 heteroatoms. The number of methoxy groups -OCH3 is 1. The van der Waals surface area contributed by atoms with Gasteiger partial charge in [0.1, 0.15) is 29.1 Å². The van der Waals surface area contributed by atoms with Crippen LogP contribution in [0.3, 0.4) is 0 Å². The molecule has 1 atom stereocenters. The predicted molar refractivity (Wildman–Crippen MR) is 128 cm³/mol. The lowest BCUT2D eigenvalue weighted by atomic mass is 9.91. The van der Waals surface area contributed by atoms with Crippen molar-refractivity contribution in [3.05, 3.63) is 82.9 Å². The molecule has 1 N–H and O–H groups in total. The number of fused-ring (bicyclic) bond motifs is 1. The second-order valence-corrected chi connectivity index (χ2v) is 8.28. The van der Waals surface area contributed by atoms with Crippen LogP contribution in [0.5, 0.6) is 23.0 Å². The lowest BCUT2D eigenvalue weighted by molar-refractivity contribution is -0.139. The Bertz CT molecular complexity index is 1280. The van der Waals surface area contributed by atoms with Crippen molar-refractivity contribution in [3.63, 3.8) is 0 Å². The number of nitrogens with zero attached hydrogens (tertiary/aromatic N) is 1. The Morgan fingerprint density at radius 3 is 2.63 bits per heavy atom. The van der Waals surface area contributed by atoms with Crippen molar-refractivity contribution in [3.8, 4) is 29.1 Å². The van der Waals surface area contributed by atoms with Gasteiger partial charge in [0.15, 0.2) is 5.78 Å². The number of hydrogen-bond acceptors (Lipinski definition) is 6. The maximum atomic E-state index is 12.6. The monoisotopic (exact) mass is 471 g/mol. The minimum absolute atomic E-state index is 0.0408. The Kier molecular flexibility index (Phi) is 7.32. The largest absolute Gasteiger partial charge is 0.497 e. The first-order chi connectivity index (χ1) is 17.0. The van der Waals surface area contributed by atoms with Crippen LogP contribution >= 0.6 is 0 Å². The molecular formula is C28H25NO6. The summed E-state index contributed by atoms with van der Waals surface area (Å²) < 4.78 is 16.7. The molecule has 0 spiro atoms. The summed E-state index contributed by atoms with van der Waals surface area (Å²) in [6.45, 7) is 0.282. The number of carboxylic acid groups (broad SMARTS) is 1. The molecule has 0 aromatic heterocycles. The van der Waals surface area contributed by atoms with Gasteiger partial charge in [-0.1, -0.05) is 12.1 Å². The molecule has 0 bridgehead atoms. The number of aliphatic carboxylic acids is 1. The number of rotatable bonds is 9. The van der Waals surface area contributed by atoms with Crippen molar-refractivity contribution >= 4 is 11.8 Å². The number of carboxylic acids is 1. The normalized spacial score (nSPS) is 14.2. The van der Waals surface area contributed by atoms with Gasteiger partial charge in [0.2, 0.25) is 0 Å². The van der Waals surface area contributed by atoms with Gasteiger partial charge >= 0.3 is 5.97 Å². The minimum atomic E-state index is -0.948. The van der Waals surface area contributed by atoms with Crippen LogP contribution in [0.2, 0.25) is 0 Å². The van der Waals surface area contributed by atoms with Crippen LogP contribution in [0.15, 0.2) is 60.7 Å². The first kappa shape index (κ1) is 23.8. The molecule has 35 heavy (non-hydrogen) atoms. The van der Waals surface area contributed by atoms with Crippen molar-refractivity contribution in [1.82, 2.24) is 0 Å². The van der Waals surface area contributed by atoms with Gasteiger partial charge in [-0.25, -0.2) is 0 Å². The molecule has 178 valence electrons. The number of ketones is 1. The first-order valence-corrected chi connectivity index (χ1v) is 11.4. The average Bonchev–Trinajstić information content (AvgIpc) is 2.88. The summed E-state index contributed by atoms with van der Waals surface area (Å²) >= 11 is 0. The van der Waals surface area contributed by atoms with E-state index >= 15 is 0 Å². The zero-order chi connectivity index (χ0) is 24.8. The van der Waals surface area contributed by atoms with Gasteiger partial charge in [-0.15, -0.1) is 0 Å². The SMILES string of the molecule is COc1cccc(CCCC(=O)c2ccc(Oc3cc4c(cc3C#N)C(C(=O)O)CCO4)cc2)c1. The van der Waals surface area contributed by atoms with Crippen LogP contribution in [-0.4, -0.2) is 30.6 Å². The number of hydrogen-bond donors (Lipinski definition) is 1. The highest BCUT2D eigenvalue weighted by Crippen LogP contribution is 2.39. The number of Topliss-reactive ketones (excluding diaryl/α,β-unsaturated/α-hetero) is 1. The molecule has 0 radical (unpaired) electrons. The second kappa shape index (κ2) is 10.7. The Morgan fingerprint density at radius 2 is 1.91 bits per heavy atom. The van der Waals surface area contributed by atoms with Crippen LogP contribution in [-0.2, 0) is 11.2 Å². The molecule has 3 aromatic rings. The molecule has 1 aliphatic rings. The van der Waals surface area contributed by atoms with Gasteiger partial charge in [-0.05, 0) is 67.3 Å². The number of ether oxygens (including phenoxy) is 3. The zero-order valence-electron chi connectivity index (χ0n) is 19.3. The highest BCUT2D eigenvalue weighted by molar-refractivity contribution is 5.96. The quantitative estimate of drug-likeness (QED) is 0.410. The Morgan fingerprint density at radius 1 is 1.11 bits per heavy atom. The van der Waals surface area contributed by atoms with Gasteiger partial charge < -0.3 is 19.3 Å². The smallest absolute Gasteiger partial charge is 0.311 e. The van der Waals surface area contributed by atoms with Gasteiger partial charge in [-0.2, -0.15) is 5.26 Å². The van der Waals surface area contributed by atoms with Crippen molar-refractivity contribution in [2.24, 2.45) is 0 Å². The summed E-state index contributed by atoms with van der Waals surface area (Å²) in [5, 5.41) is 19.0. The van der Waals surface area contributed by atoms with Crippen LogP contribution in [0.4, 0.5) is 0 Å². The highest BCUT2D eigenvalue weighted by atomic mass is 16.5. The summed E-state index contributed by atoms with van der Waals surface area (Å²) in [5.41, 5.74) is 2.40. The van der Waals surface area contributed by atoms with Crippen molar-refractivity contribution in [1.29, 1.82) is 5.26 Å². The van der Waals surface area contributed by atoms with E-state index in [9.17, 15) is 20.0 Å². The van der Waals surface area contributed by atoms with E-state index in [1.54, 1.807) is 37.4 Å². The molecule has 7 nitrogen and oxygen atoms in total. The number of nitriles is 1. The number of aryl methyl sites for hydroxylation is 1. The van der Waals surface area contributed by atoms with Crippen LogP contribution in [0.1, 0.15) is 52.2 Å². The van der Waals surface area contributed by atoms with E-state index in [4.69, 9.17) is 14.2 Å². The third-order valence-electron chi connectivity index (χ3n) is 5.98. The predicted octanol–water partition coefficient (Wildman–Crippen LogP) is 5.52. The number of benzene rings is 3. The summed E-state index contributed by atoms with van der Waals surface area (Å²) in [7, 11) is 1.63. The van der Waals surface area contributed by atoms with Gasteiger partial charge in [0, 0.05) is 23.6 Å². The molecule has 0 saturated carbocycles. The van der Waals surface area contributed by atoms with E-state index in [-0.39, 0.29) is 23.7 Å². The molecule has 0 saturated heterocycles. The minimum Gasteiger partial charge on any atom is -0.497 e. The summed E-state index contributed by atoms with van der Waals surface area (Å²) in [6, 6.07) is 19.7. The molecule has 0 aliphatic carbocycles. The van der Waals surface area contributed by atoms with Crippen molar-refractivity contribution in [2.75, 3.05) is 13.7 Å². The third kappa shape index (κ3) is 5.61. The Hall–Kier alpha value is -4.31. The summed E-state index contributed by atoms with van der Waals surface area (Å²) in [6.07, 6.45) is 2.28. The Labute approximate surface area is 203 Å². The van der Waals surface area contributed by atoms with E-state index in [1.807, 2.05) is 24.3 Å². The van der Waals surface area contributed by atoms with Crippen molar-refractivity contribution in [2.45, 2.75) is 31.6 Å². The van der Waals surface area contributed by atoms with Gasteiger partial charge in [0.05, 0.1) is 25.2 Å². The third-order valence-corrected chi connectivity index (χ3v) is 5.98. The van der Waals surface area contributed by atoms with E-state index < -0.39 is 11.9 Å². The fraction of sp³-hybridized carbons (Fsp3) is 0.250. The molecular weight excluding hydrogens is 446 g/mol. The topological polar surface area (TPSA) is 106 Å². The van der Waals surface area contributed by atoms with E-state index in [0.717, 1.165) is 24.2 Å². The zero-order valence-corrected chi connectivity index (χ0v) is 19.3. The fourth-order valence-corrected chi connectivity index (χ4v) is 4.11. The lowest BCUT2D eigenvalue weighted by Crippen LogP contribution is -2.21. The Balaban J connectivity index is 1.40. The van der Waals surface area contributed by atoms with E-state index in [1.165, 1.54) is 6.07 Å². The maximum Gasteiger partial charge on any atom is 0.311 e. The van der Waals surface area contributed by atoms with Gasteiger partial charge in [0.25, 0.3) is 0 Å². The first-order valence-electron chi connectivity index (χ1n) is 11.4. The highest BCUT2D eigenvalue weighted by Gasteiger charge is 2.29. The average molecular weight is 472 g/mol. The van der Waals surface area contributed by atoms with Crippen LogP contribution < -0.4 is 14.2 Å². The molecule has 1 heterocycles. The molecule has 0 amide bonds. The lowest BCUT2D eigenvalue weighted by Gasteiger charge is -2.24. The van der Waals surface area contributed by atoms with Crippen molar-refractivity contribution < 1.29 is 28.9 Å². The summed E-state index contributed by atoms with van der Waals surface area (Å²) in [4.78, 5) is 24.1. The van der Waals surface area contributed by atoms with Gasteiger partial charge in [-0.3, -0.25) is 9.59 Å². The van der Waals surface area contributed by atoms with E-state index in [0.29, 0.717) is 35.5 Å². The molecule has 4 rings (SSSR count). The fourth-order valence-electron chi connectivity index (χ4n) is 4.11. The second-order valence-electron chi connectivity index (χ2n) is 8.28. The number of carbonyl (C=O) groups is 2. The molecule has 1 aliphatic heterocycles. The van der Waals surface area contributed by atoms with Crippen LogP contribution in [0, 0.1) is 11.3 Å². The van der Waals surface area contributed by atoms with Crippen LogP contribution in [0.25, 0.3) is 0 Å². The molecule has 1 unspecified atom stereocenters. The molecule has 0 fully saturated rings. The summed E-state index contributed by atoms with van der Waals surface area (Å²) in [5.74, 6) is 0.315. The maximum absolute atomic E-state index is 12.6.